The SMILES string of the molecule is CNC1(CC(=O)Nc2ccnc(Cl)n2)CCCCC1. The Morgan fingerprint density at radius 3 is 2.79 bits per heavy atom. The molecule has 0 unspecified atom stereocenters. The Morgan fingerprint density at radius 1 is 1.42 bits per heavy atom. The van der Waals surface area contributed by atoms with Crippen LogP contribution in [-0.2, 0) is 4.79 Å². The Hall–Kier alpha value is -1.20. The van der Waals surface area contributed by atoms with Crippen LogP contribution >= 0.6 is 11.6 Å². The molecular formula is C13H19ClN4O. The maximum absolute atomic E-state index is 12.1. The van der Waals surface area contributed by atoms with Crippen LogP contribution in [-0.4, -0.2) is 28.5 Å². The first-order valence-corrected chi connectivity index (χ1v) is 6.99. The highest BCUT2D eigenvalue weighted by molar-refractivity contribution is 6.28. The van der Waals surface area contributed by atoms with Gasteiger partial charge in [-0.1, -0.05) is 19.3 Å². The summed E-state index contributed by atoms with van der Waals surface area (Å²) in [5.41, 5.74) is -0.0703. The lowest BCUT2D eigenvalue weighted by atomic mass is 9.79. The minimum Gasteiger partial charge on any atom is -0.314 e. The third-order valence-corrected chi connectivity index (χ3v) is 3.92. The average Bonchev–Trinajstić information content (AvgIpc) is 2.39. The first-order valence-electron chi connectivity index (χ1n) is 6.61. The van der Waals surface area contributed by atoms with E-state index < -0.39 is 0 Å². The maximum Gasteiger partial charge on any atom is 0.227 e. The largest absolute Gasteiger partial charge is 0.314 e. The van der Waals surface area contributed by atoms with Crippen LogP contribution in [0, 0.1) is 0 Å². The summed E-state index contributed by atoms with van der Waals surface area (Å²) in [7, 11) is 1.93. The molecule has 0 spiro atoms. The minimum atomic E-state index is -0.0703. The Kier molecular flexibility index (Phi) is 4.71. The number of halogens is 1. The molecule has 104 valence electrons. The molecular weight excluding hydrogens is 264 g/mol. The van der Waals surface area contributed by atoms with Gasteiger partial charge in [0.25, 0.3) is 0 Å². The van der Waals surface area contributed by atoms with E-state index in [4.69, 9.17) is 11.6 Å². The van der Waals surface area contributed by atoms with Gasteiger partial charge in [-0.2, -0.15) is 0 Å². The molecule has 0 saturated heterocycles. The number of aromatic nitrogens is 2. The highest BCUT2D eigenvalue weighted by Crippen LogP contribution is 2.30. The fourth-order valence-electron chi connectivity index (χ4n) is 2.64. The van der Waals surface area contributed by atoms with Gasteiger partial charge in [-0.3, -0.25) is 4.79 Å². The van der Waals surface area contributed by atoms with Gasteiger partial charge in [0.15, 0.2) is 0 Å². The number of rotatable bonds is 4. The highest BCUT2D eigenvalue weighted by atomic mass is 35.5. The topological polar surface area (TPSA) is 66.9 Å². The molecule has 2 N–H and O–H groups in total. The summed E-state index contributed by atoms with van der Waals surface area (Å²) >= 11 is 5.69. The molecule has 0 aromatic carbocycles. The Balaban J connectivity index is 1.96. The molecule has 0 atom stereocenters. The van der Waals surface area contributed by atoms with Crippen LogP contribution in [0.2, 0.25) is 5.28 Å². The van der Waals surface area contributed by atoms with Crippen LogP contribution in [0.1, 0.15) is 38.5 Å². The van der Waals surface area contributed by atoms with Gasteiger partial charge < -0.3 is 10.6 Å². The minimum absolute atomic E-state index is 0.0361. The molecule has 1 aromatic heterocycles. The second-order valence-electron chi connectivity index (χ2n) is 5.03. The summed E-state index contributed by atoms with van der Waals surface area (Å²) in [5, 5.41) is 6.24. The lowest BCUT2D eigenvalue weighted by molar-refractivity contribution is -0.117. The first kappa shape index (κ1) is 14.2. The summed E-state index contributed by atoms with van der Waals surface area (Å²) < 4.78 is 0. The van der Waals surface area contributed by atoms with E-state index in [9.17, 15) is 4.79 Å². The molecule has 2 rings (SSSR count). The van der Waals surface area contributed by atoms with E-state index in [-0.39, 0.29) is 16.7 Å². The van der Waals surface area contributed by atoms with E-state index in [1.54, 1.807) is 6.07 Å². The lowest BCUT2D eigenvalue weighted by Crippen LogP contribution is -2.47. The molecule has 0 aliphatic heterocycles. The zero-order valence-electron chi connectivity index (χ0n) is 11.1. The number of anilines is 1. The van der Waals surface area contributed by atoms with E-state index in [0.717, 1.165) is 12.8 Å². The Labute approximate surface area is 118 Å². The summed E-state index contributed by atoms with van der Waals surface area (Å²) in [4.78, 5) is 19.8. The average molecular weight is 283 g/mol. The van der Waals surface area contributed by atoms with Crippen molar-refractivity contribution in [1.82, 2.24) is 15.3 Å². The zero-order valence-corrected chi connectivity index (χ0v) is 11.8. The molecule has 1 fully saturated rings. The summed E-state index contributed by atoms with van der Waals surface area (Å²) in [6.07, 6.45) is 7.68. The van der Waals surface area contributed by atoms with Crippen molar-refractivity contribution in [2.45, 2.75) is 44.1 Å². The fraction of sp³-hybridized carbons (Fsp3) is 0.615. The Bertz CT molecular complexity index is 446. The lowest BCUT2D eigenvalue weighted by Gasteiger charge is -2.36. The number of hydrogen-bond acceptors (Lipinski definition) is 4. The summed E-state index contributed by atoms with van der Waals surface area (Å²) in [6, 6.07) is 1.64. The molecule has 6 heteroatoms. The maximum atomic E-state index is 12.1. The number of amides is 1. The highest BCUT2D eigenvalue weighted by Gasteiger charge is 2.32. The van der Waals surface area contributed by atoms with Crippen LogP contribution in [0.3, 0.4) is 0 Å². The van der Waals surface area contributed by atoms with Gasteiger partial charge >= 0.3 is 0 Å². The normalized spacial score (nSPS) is 18.0. The van der Waals surface area contributed by atoms with Crippen molar-refractivity contribution in [3.05, 3.63) is 17.5 Å². The fourth-order valence-corrected chi connectivity index (χ4v) is 2.79. The van der Waals surface area contributed by atoms with Crippen molar-refractivity contribution in [3.8, 4) is 0 Å². The van der Waals surface area contributed by atoms with Gasteiger partial charge in [-0.25, -0.2) is 9.97 Å². The van der Waals surface area contributed by atoms with Gasteiger partial charge in [0.2, 0.25) is 11.2 Å². The Morgan fingerprint density at radius 2 is 2.16 bits per heavy atom. The van der Waals surface area contributed by atoms with Crippen LogP contribution in [0.15, 0.2) is 12.3 Å². The van der Waals surface area contributed by atoms with Crippen molar-refractivity contribution < 1.29 is 4.79 Å². The zero-order chi connectivity index (χ0) is 13.7. The van der Waals surface area contributed by atoms with Crippen molar-refractivity contribution >= 4 is 23.3 Å². The van der Waals surface area contributed by atoms with E-state index >= 15 is 0 Å². The standard InChI is InChI=1S/C13H19ClN4O/c1-15-13(6-3-2-4-7-13)9-11(19)17-10-5-8-16-12(14)18-10/h5,8,15H,2-4,6-7,9H2,1H3,(H,16,17,18,19). The van der Waals surface area contributed by atoms with Crippen molar-refractivity contribution in [2.75, 3.05) is 12.4 Å². The van der Waals surface area contributed by atoms with E-state index in [1.165, 1.54) is 25.5 Å². The van der Waals surface area contributed by atoms with Crippen molar-refractivity contribution in [3.63, 3.8) is 0 Å². The third kappa shape index (κ3) is 3.88. The van der Waals surface area contributed by atoms with Crippen LogP contribution in [0.4, 0.5) is 5.82 Å². The predicted octanol–water partition coefficient (Wildman–Crippen LogP) is 2.38. The van der Waals surface area contributed by atoms with Crippen LogP contribution in [0.5, 0.6) is 0 Å². The quantitative estimate of drug-likeness (QED) is 0.832. The molecule has 1 aliphatic carbocycles. The van der Waals surface area contributed by atoms with Crippen LogP contribution < -0.4 is 10.6 Å². The number of nitrogens with zero attached hydrogens (tertiary/aromatic N) is 2. The molecule has 0 radical (unpaired) electrons. The van der Waals surface area contributed by atoms with Gasteiger partial charge in [0, 0.05) is 18.2 Å². The van der Waals surface area contributed by atoms with E-state index in [0.29, 0.717) is 12.2 Å². The van der Waals surface area contributed by atoms with Crippen LogP contribution in [0.25, 0.3) is 0 Å². The second kappa shape index (κ2) is 6.30. The number of hydrogen-bond donors (Lipinski definition) is 2. The predicted molar refractivity (Wildman–Crippen MR) is 75.2 cm³/mol. The third-order valence-electron chi connectivity index (χ3n) is 3.73. The first-order chi connectivity index (χ1) is 9.13. The second-order valence-corrected chi connectivity index (χ2v) is 5.36. The van der Waals surface area contributed by atoms with Gasteiger partial charge in [-0.15, -0.1) is 0 Å². The number of nitrogens with one attached hydrogen (secondary N) is 2. The van der Waals surface area contributed by atoms with Gasteiger partial charge in [0.05, 0.1) is 0 Å². The summed E-state index contributed by atoms with van der Waals surface area (Å²) in [6.45, 7) is 0. The molecule has 1 heterocycles. The molecule has 1 amide bonds. The summed E-state index contributed by atoms with van der Waals surface area (Å²) in [5.74, 6) is 0.415. The van der Waals surface area contributed by atoms with Crippen molar-refractivity contribution in [1.29, 1.82) is 0 Å². The van der Waals surface area contributed by atoms with E-state index in [2.05, 4.69) is 20.6 Å². The molecule has 1 saturated carbocycles. The number of carbonyl (C=O) groups excluding carboxylic acids is 1. The van der Waals surface area contributed by atoms with Gasteiger partial charge in [-0.05, 0) is 37.6 Å². The molecule has 19 heavy (non-hydrogen) atoms. The molecule has 1 aliphatic rings. The van der Waals surface area contributed by atoms with E-state index in [1.807, 2.05) is 7.05 Å². The monoisotopic (exact) mass is 282 g/mol. The molecule has 0 bridgehead atoms. The van der Waals surface area contributed by atoms with Crippen molar-refractivity contribution in [2.24, 2.45) is 0 Å². The van der Waals surface area contributed by atoms with Gasteiger partial charge in [0.1, 0.15) is 5.82 Å². The number of carbonyl (C=O) groups is 1. The smallest absolute Gasteiger partial charge is 0.227 e. The molecule has 1 aromatic rings. The molecule has 5 nitrogen and oxygen atoms in total.